The number of hydrogen-bond acceptors (Lipinski definition) is 1. The average molecular weight is 267 g/mol. The highest BCUT2D eigenvalue weighted by Crippen LogP contribution is 2.11. The molecule has 2 heteroatoms. The summed E-state index contributed by atoms with van der Waals surface area (Å²) in [5, 5.41) is 0. The van der Waals surface area contributed by atoms with Crippen LogP contribution in [0.25, 0.3) is 0 Å². The molecular formula is C17H33NO. The van der Waals surface area contributed by atoms with E-state index in [4.69, 9.17) is 0 Å². The van der Waals surface area contributed by atoms with E-state index in [0.717, 1.165) is 6.42 Å². The molecule has 0 fully saturated rings. The maximum atomic E-state index is 11.3. The van der Waals surface area contributed by atoms with Crippen molar-refractivity contribution in [1.82, 2.24) is 4.90 Å². The van der Waals surface area contributed by atoms with E-state index in [-0.39, 0.29) is 5.91 Å². The van der Waals surface area contributed by atoms with Crippen LogP contribution in [0.3, 0.4) is 0 Å². The Morgan fingerprint density at radius 3 is 1.79 bits per heavy atom. The minimum absolute atomic E-state index is 0.0899. The second-order valence-electron chi connectivity index (χ2n) is 5.61. The summed E-state index contributed by atoms with van der Waals surface area (Å²) in [6.07, 6.45) is 18.4. The first-order chi connectivity index (χ1) is 9.18. The summed E-state index contributed by atoms with van der Waals surface area (Å²) in [7, 11) is 3.57. The molecule has 1 amide bonds. The van der Waals surface area contributed by atoms with Crippen LogP contribution in [0.5, 0.6) is 0 Å². The van der Waals surface area contributed by atoms with Crippen molar-refractivity contribution in [2.24, 2.45) is 0 Å². The molecular weight excluding hydrogens is 234 g/mol. The SMILES string of the molecule is CCCCCCCCCCCC/C=C/C(=O)N(C)C. The van der Waals surface area contributed by atoms with E-state index in [1.807, 2.05) is 6.08 Å². The molecule has 0 aromatic rings. The lowest BCUT2D eigenvalue weighted by Gasteiger charge is -2.05. The van der Waals surface area contributed by atoms with Crippen molar-refractivity contribution in [2.75, 3.05) is 14.1 Å². The van der Waals surface area contributed by atoms with E-state index >= 15 is 0 Å². The fraction of sp³-hybridized carbons (Fsp3) is 0.824. The Kier molecular flexibility index (Phi) is 13.1. The van der Waals surface area contributed by atoms with Crippen molar-refractivity contribution in [3.63, 3.8) is 0 Å². The van der Waals surface area contributed by atoms with E-state index in [0.29, 0.717) is 0 Å². The van der Waals surface area contributed by atoms with Gasteiger partial charge in [-0.05, 0) is 18.9 Å². The second-order valence-corrected chi connectivity index (χ2v) is 5.61. The first-order valence-corrected chi connectivity index (χ1v) is 8.06. The van der Waals surface area contributed by atoms with Gasteiger partial charge in [-0.1, -0.05) is 70.8 Å². The van der Waals surface area contributed by atoms with Gasteiger partial charge in [-0.3, -0.25) is 4.79 Å². The monoisotopic (exact) mass is 267 g/mol. The largest absolute Gasteiger partial charge is 0.345 e. The first-order valence-electron chi connectivity index (χ1n) is 8.06. The van der Waals surface area contributed by atoms with Gasteiger partial charge in [-0.2, -0.15) is 0 Å². The normalized spacial score (nSPS) is 11.1. The predicted octanol–water partition coefficient (Wildman–Crippen LogP) is 4.94. The molecule has 0 heterocycles. The van der Waals surface area contributed by atoms with Gasteiger partial charge in [0.15, 0.2) is 0 Å². The number of amides is 1. The molecule has 0 radical (unpaired) electrons. The maximum absolute atomic E-state index is 11.3. The number of allylic oxidation sites excluding steroid dienone is 1. The highest BCUT2D eigenvalue weighted by atomic mass is 16.2. The number of carbonyl (C=O) groups is 1. The summed E-state index contributed by atoms with van der Waals surface area (Å²) in [5.74, 6) is 0.0899. The summed E-state index contributed by atoms with van der Waals surface area (Å²) >= 11 is 0. The predicted molar refractivity (Wildman–Crippen MR) is 84.3 cm³/mol. The van der Waals surface area contributed by atoms with E-state index in [9.17, 15) is 4.79 Å². The summed E-state index contributed by atoms with van der Waals surface area (Å²) in [6, 6.07) is 0. The van der Waals surface area contributed by atoms with Crippen molar-refractivity contribution in [1.29, 1.82) is 0 Å². The van der Waals surface area contributed by atoms with E-state index < -0.39 is 0 Å². The molecule has 0 aromatic carbocycles. The fourth-order valence-electron chi connectivity index (χ4n) is 2.08. The molecule has 0 rings (SSSR count). The smallest absolute Gasteiger partial charge is 0.245 e. The Labute approximate surface area is 120 Å². The molecule has 0 aromatic heterocycles. The molecule has 0 aliphatic carbocycles. The van der Waals surface area contributed by atoms with Crippen LogP contribution in [0.15, 0.2) is 12.2 Å². The molecule has 19 heavy (non-hydrogen) atoms. The summed E-state index contributed by atoms with van der Waals surface area (Å²) in [5.41, 5.74) is 0. The van der Waals surface area contributed by atoms with Crippen molar-refractivity contribution >= 4 is 5.91 Å². The number of hydrogen-bond donors (Lipinski definition) is 0. The van der Waals surface area contributed by atoms with Gasteiger partial charge in [0.1, 0.15) is 0 Å². The number of carbonyl (C=O) groups excluding carboxylic acids is 1. The van der Waals surface area contributed by atoms with Crippen LogP contribution >= 0.6 is 0 Å². The van der Waals surface area contributed by atoms with Gasteiger partial charge < -0.3 is 4.90 Å². The molecule has 0 atom stereocenters. The van der Waals surface area contributed by atoms with Gasteiger partial charge in [0.2, 0.25) is 5.91 Å². The topological polar surface area (TPSA) is 20.3 Å². The standard InChI is InChI=1S/C17H33NO/c1-4-5-6-7-8-9-10-11-12-13-14-15-16-17(19)18(2)3/h15-16H,4-14H2,1-3H3/b16-15+. The van der Waals surface area contributed by atoms with Gasteiger partial charge >= 0.3 is 0 Å². The van der Waals surface area contributed by atoms with Crippen LogP contribution in [0.4, 0.5) is 0 Å². The Bertz CT molecular complexity index is 233. The third-order valence-corrected chi connectivity index (χ3v) is 3.43. The number of nitrogens with zero attached hydrogens (tertiary/aromatic N) is 1. The van der Waals surface area contributed by atoms with Crippen molar-refractivity contribution < 1.29 is 4.79 Å². The second kappa shape index (κ2) is 13.6. The Morgan fingerprint density at radius 2 is 1.32 bits per heavy atom. The lowest BCUT2D eigenvalue weighted by molar-refractivity contribution is -0.123. The Morgan fingerprint density at radius 1 is 0.842 bits per heavy atom. The fourth-order valence-corrected chi connectivity index (χ4v) is 2.08. The van der Waals surface area contributed by atoms with Gasteiger partial charge in [-0.15, -0.1) is 0 Å². The van der Waals surface area contributed by atoms with Crippen LogP contribution in [0, 0.1) is 0 Å². The molecule has 112 valence electrons. The quantitative estimate of drug-likeness (QED) is 0.362. The van der Waals surface area contributed by atoms with E-state index in [1.165, 1.54) is 64.2 Å². The van der Waals surface area contributed by atoms with Crippen LogP contribution in [-0.2, 0) is 4.79 Å². The first kappa shape index (κ1) is 18.2. The van der Waals surface area contributed by atoms with Crippen LogP contribution in [0.1, 0.15) is 77.6 Å². The zero-order valence-corrected chi connectivity index (χ0v) is 13.3. The zero-order chi connectivity index (χ0) is 14.3. The minimum Gasteiger partial charge on any atom is -0.345 e. The van der Waals surface area contributed by atoms with Crippen LogP contribution < -0.4 is 0 Å². The molecule has 0 saturated heterocycles. The highest BCUT2D eigenvalue weighted by Gasteiger charge is 1.96. The Hall–Kier alpha value is -0.790. The van der Waals surface area contributed by atoms with E-state index in [1.54, 1.807) is 25.1 Å². The lowest BCUT2D eigenvalue weighted by Crippen LogP contribution is -2.18. The molecule has 0 unspecified atom stereocenters. The molecule has 0 bridgehead atoms. The minimum atomic E-state index is 0.0899. The third kappa shape index (κ3) is 13.4. The van der Waals surface area contributed by atoms with E-state index in [2.05, 4.69) is 6.92 Å². The molecule has 0 saturated carbocycles. The summed E-state index contributed by atoms with van der Waals surface area (Å²) in [6.45, 7) is 2.26. The third-order valence-electron chi connectivity index (χ3n) is 3.43. The van der Waals surface area contributed by atoms with Gasteiger partial charge in [-0.25, -0.2) is 0 Å². The molecule has 0 N–H and O–H groups in total. The van der Waals surface area contributed by atoms with Crippen molar-refractivity contribution in [3.05, 3.63) is 12.2 Å². The maximum Gasteiger partial charge on any atom is 0.245 e. The highest BCUT2D eigenvalue weighted by molar-refractivity contribution is 5.86. The zero-order valence-electron chi connectivity index (χ0n) is 13.3. The van der Waals surface area contributed by atoms with Gasteiger partial charge in [0.25, 0.3) is 0 Å². The molecule has 0 aliphatic heterocycles. The molecule has 0 spiro atoms. The number of unbranched alkanes of at least 4 members (excludes halogenated alkanes) is 10. The van der Waals surface area contributed by atoms with Gasteiger partial charge in [0.05, 0.1) is 0 Å². The Balaban J connectivity index is 3.17. The van der Waals surface area contributed by atoms with Crippen LogP contribution in [0.2, 0.25) is 0 Å². The molecule has 0 aliphatic rings. The van der Waals surface area contributed by atoms with Gasteiger partial charge in [0, 0.05) is 14.1 Å². The number of rotatable bonds is 12. The lowest BCUT2D eigenvalue weighted by atomic mass is 10.1. The summed E-state index contributed by atoms with van der Waals surface area (Å²) in [4.78, 5) is 12.9. The van der Waals surface area contributed by atoms with Crippen molar-refractivity contribution in [3.8, 4) is 0 Å². The molecule has 2 nitrogen and oxygen atoms in total. The van der Waals surface area contributed by atoms with Crippen LogP contribution in [-0.4, -0.2) is 24.9 Å². The summed E-state index contributed by atoms with van der Waals surface area (Å²) < 4.78 is 0. The average Bonchev–Trinajstić information content (AvgIpc) is 2.39. The van der Waals surface area contributed by atoms with Crippen molar-refractivity contribution in [2.45, 2.75) is 77.6 Å². The number of likely N-dealkylation sites (N-methyl/N-ethyl adjacent to an activating group) is 1.